The number of hydrazone groups is 1. The molecule has 0 unspecified atom stereocenters. The number of nitrogens with zero attached hydrogens (tertiary/aromatic N) is 1. The quantitative estimate of drug-likeness (QED) is 0.554. The first kappa shape index (κ1) is 16.0. The fraction of sp³-hybridized carbons (Fsp3) is 0.0625. The molecule has 0 saturated heterocycles. The van der Waals surface area contributed by atoms with Gasteiger partial charge in [0.1, 0.15) is 11.5 Å². The van der Waals surface area contributed by atoms with Gasteiger partial charge >= 0.3 is 5.97 Å². The van der Waals surface area contributed by atoms with Crippen LogP contribution in [0.4, 0.5) is 0 Å². The third kappa shape index (κ3) is 4.85. The number of carboxylic acids is 1. The fourth-order valence-electron chi connectivity index (χ4n) is 1.70. The number of benzene rings is 2. The van der Waals surface area contributed by atoms with Crippen LogP contribution in [0.15, 0.2) is 53.6 Å². The van der Waals surface area contributed by atoms with E-state index in [0.717, 1.165) is 0 Å². The number of rotatable bonds is 6. The maximum atomic E-state index is 11.8. The molecule has 7 nitrogen and oxygen atoms in total. The Morgan fingerprint density at radius 2 is 1.83 bits per heavy atom. The van der Waals surface area contributed by atoms with E-state index in [2.05, 4.69) is 10.5 Å². The Labute approximate surface area is 131 Å². The Balaban J connectivity index is 2.01. The molecule has 0 saturated carbocycles. The smallest absolute Gasteiger partial charge is 0.341 e. The zero-order valence-corrected chi connectivity index (χ0v) is 12.0. The third-order valence-corrected chi connectivity index (χ3v) is 2.77. The van der Waals surface area contributed by atoms with Crippen molar-refractivity contribution in [2.75, 3.05) is 6.61 Å². The molecule has 23 heavy (non-hydrogen) atoms. The van der Waals surface area contributed by atoms with Gasteiger partial charge in [-0.25, -0.2) is 10.2 Å². The van der Waals surface area contributed by atoms with Crippen molar-refractivity contribution in [3.63, 3.8) is 0 Å². The number of carbonyl (C=O) groups is 2. The minimum atomic E-state index is -1.09. The van der Waals surface area contributed by atoms with Crippen molar-refractivity contribution in [3.05, 3.63) is 59.7 Å². The van der Waals surface area contributed by atoms with E-state index in [-0.39, 0.29) is 5.75 Å². The zero-order chi connectivity index (χ0) is 16.7. The van der Waals surface area contributed by atoms with E-state index >= 15 is 0 Å². The van der Waals surface area contributed by atoms with Crippen LogP contribution in [0.5, 0.6) is 11.5 Å². The molecule has 7 heteroatoms. The average Bonchev–Trinajstić information content (AvgIpc) is 2.54. The van der Waals surface area contributed by atoms with Crippen LogP contribution < -0.4 is 10.2 Å². The van der Waals surface area contributed by atoms with Crippen LogP contribution in [0.25, 0.3) is 0 Å². The van der Waals surface area contributed by atoms with Crippen molar-refractivity contribution in [1.29, 1.82) is 0 Å². The molecule has 3 N–H and O–H groups in total. The number of hydrogen-bond donors (Lipinski definition) is 3. The summed E-state index contributed by atoms with van der Waals surface area (Å²) in [5.41, 5.74) is 3.21. The molecule has 0 bridgehead atoms. The van der Waals surface area contributed by atoms with Gasteiger partial charge in [0.05, 0.1) is 6.21 Å². The number of hydrogen-bond acceptors (Lipinski definition) is 5. The van der Waals surface area contributed by atoms with E-state index < -0.39 is 18.5 Å². The maximum Gasteiger partial charge on any atom is 0.341 e. The van der Waals surface area contributed by atoms with Gasteiger partial charge in [-0.1, -0.05) is 12.1 Å². The highest BCUT2D eigenvalue weighted by Gasteiger charge is 2.05. The molecule has 2 aromatic carbocycles. The monoisotopic (exact) mass is 314 g/mol. The normalized spacial score (nSPS) is 10.4. The summed E-state index contributed by atoms with van der Waals surface area (Å²) in [6.45, 7) is -0.468. The standard InChI is InChI=1S/C16H14N2O5/c19-13-7-5-11(6-8-13)16(22)18-17-9-12-3-1-2-4-14(12)23-10-15(20)21/h1-9,19H,10H2,(H,18,22)(H,20,21)/b17-9-. The third-order valence-electron chi connectivity index (χ3n) is 2.77. The average molecular weight is 314 g/mol. The Morgan fingerprint density at radius 3 is 2.52 bits per heavy atom. The molecular formula is C16H14N2O5. The van der Waals surface area contributed by atoms with E-state index in [4.69, 9.17) is 14.9 Å². The van der Waals surface area contributed by atoms with Crippen molar-refractivity contribution < 1.29 is 24.5 Å². The first-order valence-electron chi connectivity index (χ1n) is 6.62. The van der Waals surface area contributed by atoms with Crippen LogP contribution in [-0.2, 0) is 4.79 Å². The Kier molecular flexibility index (Phi) is 5.30. The lowest BCUT2D eigenvalue weighted by molar-refractivity contribution is -0.139. The molecule has 2 aromatic rings. The summed E-state index contributed by atoms with van der Waals surface area (Å²) in [6.07, 6.45) is 1.36. The highest BCUT2D eigenvalue weighted by atomic mass is 16.5. The summed E-state index contributed by atoms with van der Waals surface area (Å²) in [7, 11) is 0. The first-order valence-corrected chi connectivity index (χ1v) is 6.62. The number of phenolic OH excluding ortho intramolecular Hbond substituents is 1. The Bertz CT molecular complexity index is 726. The molecule has 0 aromatic heterocycles. The zero-order valence-electron chi connectivity index (χ0n) is 12.0. The van der Waals surface area contributed by atoms with Gasteiger partial charge in [-0.3, -0.25) is 4.79 Å². The number of aliphatic carboxylic acids is 1. The summed E-state index contributed by atoms with van der Waals surface area (Å²) in [4.78, 5) is 22.4. The number of ether oxygens (including phenoxy) is 1. The molecular weight excluding hydrogens is 300 g/mol. The Morgan fingerprint density at radius 1 is 1.13 bits per heavy atom. The summed E-state index contributed by atoms with van der Waals surface area (Å²) in [5, 5.41) is 21.6. The maximum absolute atomic E-state index is 11.8. The second-order valence-corrected chi connectivity index (χ2v) is 4.47. The number of para-hydroxylation sites is 1. The molecule has 0 fully saturated rings. The lowest BCUT2D eigenvalue weighted by Crippen LogP contribution is -2.17. The van der Waals surface area contributed by atoms with Crippen molar-refractivity contribution in [1.82, 2.24) is 5.43 Å². The second-order valence-electron chi connectivity index (χ2n) is 4.47. The lowest BCUT2D eigenvalue weighted by atomic mass is 10.2. The van der Waals surface area contributed by atoms with Gasteiger partial charge in [0.25, 0.3) is 5.91 Å². The summed E-state index contributed by atoms with van der Waals surface area (Å²) in [5.74, 6) is -1.12. The fourth-order valence-corrected chi connectivity index (χ4v) is 1.70. The molecule has 0 radical (unpaired) electrons. The molecule has 0 heterocycles. The van der Waals surface area contributed by atoms with Crippen LogP contribution in [0.2, 0.25) is 0 Å². The molecule has 0 aliphatic heterocycles. The van der Waals surface area contributed by atoms with Gasteiger partial charge in [0.15, 0.2) is 6.61 Å². The van der Waals surface area contributed by atoms with Crippen LogP contribution in [0.3, 0.4) is 0 Å². The summed E-state index contributed by atoms with van der Waals surface area (Å²) < 4.78 is 5.12. The lowest BCUT2D eigenvalue weighted by Gasteiger charge is -2.06. The van der Waals surface area contributed by atoms with Gasteiger partial charge in [-0.15, -0.1) is 0 Å². The van der Waals surface area contributed by atoms with E-state index in [1.165, 1.54) is 30.5 Å². The minimum absolute atomic E-state index is 0.0644. The molecule has 0 aliphatic rings. The van der Waals surface area contributed by atoms with E-state index in [0.29, 0.717) is 16.9 Å². The number of phenols is 1. The minimum Gasteiger partial charge on any atom is -0.508 e. The summed E-state index contributed by atoms with van der Waals surface area (Å²) in [6, 6.07) is 12.4. The number of nitrogens with one attached hydrogen (secondary N) is 1. The SMILES string of the molecule is O=C(O)COc1ccccc1/C=N\NC(=O)c1ccc(O)cc1. The summed E-state index contributed by atoms with van der Waals surface area (Å²) >= 11 is 0. The van der Waals surface area contributed by atoms with Crippen LogP contribution >= 0.6 is 0 Å². The van der Waals surface area contributed by atoms with E-state index in [9.17, 15) is 9.59 Å². The number of amides is 1. The molecule has 0 atom stereocenters. The van der Waals surface area contributed by atoms with Gasteiger partial charge in [-0.05, 0) is 36.4 Å². The van der Waals surface area contributed by atoms with Crippen molar-refractivity contribution >= 4 is 18.1 Å². The van der Waals surface area contributed by atoms with Crippen LogP contribution in [0, 0.1) is 0 Å². The largest absolute Gasteiger partial charge is 0.508 e. The number of carbonyl (C=O) groups excluding carboxylic acids is 1. The van der Waals surface area contributed by atoms with E-state index in [1.54, 1.807) is 24.3 Å². The first-order chi connectivity index (χ1) is 11.1. The molecule has 1 amide bonds. The highest BCUT2D eigenvalue weighted by molar-refractivity contribution is 5.95. The van der Waals surface area contributed by atoms with Crippen LogP contribution in [-0.4, -0.2) is 34.9 Å². The molecule has 0 spiro atoms. The molecule has 118 valence electrons. The van der Waals surface area contributed by atoms with Crippen molar-refractivity contribution in [2.45, 2.75) is 0 Å². The number of carboxylic acid groups (broad SMARTS) is 1. The predicted molar refractivity (Wildman–Crippen MR) is 82.7 cm³/mol. The van der Waals surface area contributed by atoms with Gasteiger partial charge in [-0.2, -0.15) is 5.10 Å². The second kappa shape index (κ2) is 7.60. The molecule has 0 aliphatic carbocycles. The van der Waals surface area contributed by atoms with Gasteiger partial charge in [0, 0.05) is 11.1 Å². The van der Waals surface area contributed by atoms with Crippen LogP contribution in [0.1, 0.15) is 15.9 Å². The topological polar surface area (TPSA) is 108 Å². The Hall–Kier alpha value is -3.35. The predicted octanol–water partition coefficient (Wildman–Crippen LogP) is 1.62. The van der Waals surface area contributed by atoms with Crippen molar-refractivity contribution in [2.24, 2.45) is 5.10 Å². The molecule has 2 rings (SSSR count). The van der Waals surface area contributed by atoms with Gasteiger partial charge < -0.3 is 14.9 Å². The van der Waals surface area contributed by atoms with Crippen molar-refractivity contribution in [3.8, 4) is 11.5 Å². The number of aromatic hydroxyl groups is 1. The highest BCUT2D eigenvalue weighted by Crippen LogP contribution is 2.15. The van der Waals surface area contributed by atoms with Gasteiger partial charge in [0.2, 0.25) is 0 Å². The van der Waals surface area contributed by atoms with E-state index in [1.807, 2.05) is 0 Å².